The van der Waals surface area contributed by atoms with Crippen molar-refractivity contribution in [3.63, 3.8) is 0 Å². The molecule has 0 aromatic carbocycles. The van der Waals surface area contributed by atoms with Crippen LogP contribution in [0.4, 0.5) is 0 Å². The number of hydrogen-bond donors (Lipinski definition) is 1. The number of aromatic amines is 1. The van der Waals surface area contributed by atoms with Gasteiger partial charge in [-0.05, 0) is 51.3 Å². The Balaban J connectivity index is 1.57. The maximum atomic E-state index is 13.5. The number of nitrogens with one attached hydrogen (secondary N) is 1. The predicted molar refractivity (Wildman–Crippen MR) is 112 cm³/mol. The van der Waals surface area contributed by atoms with E-state index in [1.165, 1.54) is 0 Å². The summed E-state index contributed by atoms with van der Waals surface area (Å²) in [6.45, 7) is 9.48. The van der Waals surface area contributed by atoms with E-state index in [0.29, 0.717) is 12.5 Å². The highest BCUT2D eigenvalue weighted by atomic mass is 16.2. The first-order valence-electron chi connectivity index (χ1n) is 10.6. The van der Waals surface area contributed by atoms with Gasteiger partial charge in [-0.3, -0.25) is 9.79 Å². The third kappa shape index (κ3) is 3.33. The molecule has 0 spiro atoms. The number of unbranched alkanes of at least 4 members (excludes halogenated alkanes) is 1. The molecule has 1 unspecified atom stereocenters. The van der Waals surface area contributed by atoms with Crippen molar-refractivity contribution in [3.8, 4) is 0 Å². The highest BCUT2D eigenvalue weighted by molar-refractivity contribution is 5.87. The second-order valence-corrected chi connectivity index (χ2v) is 8.80. The largest absolute Gasteiger partial charge is 0.346 e. The third-order valence-electron chi connectivity index (χ3n) is 6.64. The van der Waals surface area contributed by atoms with Crippen LogP contribution in [-0.2, 0) is 4.79 Å². The molecule has 2 aromatic heterocycles. The maximum absolute atomic E-state index is 13.5. The molecule has 28 heavy (non-hydrogen) atoms. The zero-order chi connectivity index (χ0) is 19.8. The van der Waals surface area contributed by atoms with E-state index in [1.807, 2.05) is 6.20 Å². The Morgan fingerprint density at radius 2 is 2.14 bits per heavy atom. The number of amides is 1. The molecule has 2 aliphatic carbocycles. The lowest BCUT2D eigenvalue weighted by Crippen LogP contribution is -2.48. The molecule has 2 aliphatic rings. The second-order valence-electron chi connectivity index (χ2n) is 8.80. The van der Waals surface area contributed by atoms with Crippen LogP contribution in [0.15, 0.2) is 23.6 Å². The summed E-state index contributed by atoms with van der Waals surface area (Å²) >= 11 is 0. The molecule has 4 rings (SSSR count). The first-order chi connectivity index (χ1) is 13.6. The van der Waals surface area contributed by atoms with Gasteiger partial charge in [0.1, 0.15) is 12.0 Å². The zero-order valence-corrected chi connectivity index (χ0v) is 17.1. The topological polar surface area (TPSA) is 74.2 Å². The number of hydrogen-bond acceptors (Lipinski definition) is 4. The van der Waals surface area contributed by atoms with E-state index < -0.39 is 0 Å². The lowest BCUT2D eigenvalue weighted by Gasteiger charge is -2.36. The van der Waals surface area contributed by atoms with Crippen molar-refractivity contribution in [2.75, 3.05) is 13.1 Å². The van der Waals surface area contributed by atoms with Crippen LogP contribution in [0.1, 0.15) is 70.4 Å². The van der Waals surface area contributed by atoms with Gasteiger partial charge in [0.15, 0.2) is 0 Å². The molecule has 0 aliphatic heterocycles. The summed E-state index contributed by atoms with van der Waals surface area (Å²) in [6, 6.07) is 2.05. The third-order valence-corrected chi connectivity index (χ3v) is 6.64. The summed E-state index contributed by atoms with van der Waals surface area (Å²) in [4.78, 5) is 31.9. The predicted octanol–water partition coefficient (Wildman–Crippen LogP) is 4.09. The summed E-state index contributed by atoms with van der Waals surface area (Å²) in [6.07, 6.45) is 10.7. The van der Waals surface area contributed by atoms with Crippen LogP contribution >= 0.6 is 0 Å². The van der Waals surface area contributed by atoms with Crippen LogP contribution in [0.2, 0.25) is 0 Å². The Hall–Kier alpha value is -2.24. The molecule has 2 saturated carbocycles. The SMILES string of the molecule is C=NCC1(C(=O)N(CCCC)C2(CC(C)c3ncnc4[nH]ccc34)CC2)CC1. The van der Waals surface area contributed by atoms with E-state index in [9.17, 15) is 4.79 Å². The quantitative estimate of drug-likeness (QED) is 0.630. The number of rotatable bonds is 10. The van der Waals surface area contributed by atoms with Gasteiger partial charge in [-0.1, -0.05) is 20.3 Å². The van der Waals surface area contributed by atoms with Gasteiger partial charge < -0.3 is 9.88 Å². The van der Waals surface area contributed by atoms with E-state index >= 15 is 0 Å². The van der Waals surface area contributed by atoms with E-state index in [4.69, 9.17) is 0 Å². The van der Waals surface area contributed by atoms with Crippen LogP contribution in [-0.4, -0.2) is 51.1 Å². The Morgan fingerprint density at radius 1 is 1.36 bits per heavy atom. The van der Waals surface area contributed by atoms with Gasteiger partial charge in [-0.15, -0.1) is 0 Å². The monoisotopic (exact) mass is 381 g/mol. The fourth-order valence-electron chi connectivity index (χ4n) is 4.64. The van der Waals surface area contributed by atoms with Crippen LogP contribution in [0.25, 0.3) is 11.0 Å². The zero-order valence-electron chi connectivity index (χ0n) is 17.1. The molecule has 150 valence electrons. The lowest BCUT2D eigenvalue weighted by atomic mass is 9.92. The molecule has 0 radical (unpaired) electrons. The molecule has 1 atom stereocenters. The molecule has 0 bridgehead atoms. The van der Waals surface area contributed by atoms with Crippen molar-refractivity contribution in [1.82, 2.24) is 19.9 Å². The Kier molecular flexibility index (Phi) is 4.98. The minimum absolute atomic E-state index is 0.0178. The maximum Gasteiger partial charge on any atom is 0.231 e. The molecule has 1 N–H and O–H groups in total. The average molecular weight is 382 g/mol. The second kappa shape index (κ2) is 7.30. The van der Waals surface area contributed by atoms with E-state index in [1.54, 1.807) is 6.33 Å². The summed E-state index contributed by atoms with van der Waals surface area (Å²) in [7, 11) is 0. The number of H-pyrrole nitrogens is 1. The summed E-state index contributed by atoms with van der Waals surface area (Å²) < 4.78 is 0. The van der Waals surface area contributed by atoms with Gasteiger partial charge in [0.2, 0.25) is 5.91 Å². The molecular weight excluding hydrogens is 350 g/mol. The fourth-order valence-corrected chi connectivity index (χ4v) is 4.64. The number of carbonyl (C=O) groups excluding carboxylic acids is 1. The lowest BCUT2D eigenvalue weighted by molar-refractivity contribution is -0.140. The van der Waals surface area contributed by atoms with Crippen molar-refractivity contribution in [1.29, 1.82) is 0 Å². The Morgan fingerprint density at radius 3 is 2.79 bits per heavy atom. The summed E-state index contributed by atoms with van der Waals surface area (Å²) in [5, 5.41) is 1.09. The van der Waals surface area contributed by atoms with Gasteiger partial charge >= 0.3 is 0 Å². The van der Waals surface area contributed by atoms with Crippen LogP contribution < -0.4 is 0 Å². The number of fused-ring (bicyclic) bond motifs is 1. The van der Waals surface area contributed by atoms with Gasteiger partial charge in [-0.25, -0.2) is 9.97 Å². The van der Waals surface area contributed by atoms with Crippen LogP contribution in [0.5, 0.6) is 0 Å². The number of carbonyl (C=O) groups is 1. The Labute approximate surface area is 166 Å². The van der Waals surface area contributed by atoms with Crippen molar-refractivity contribution in [2.45, 2.75) is 70.3 Å². The summed E-state index contributed by atoms with van der Waals surface area (Å²) in [5.74, 6) is 0.584. The molecule has 6 heteroatoms. The van der Waals surface area contributed by atoms with Crippen molar-refractivity contribution < 1.29 is 4.79 Å². The average Bonchev–Trinajstić information content (AvgIpc) is 3.59. The molecule has 1 amide bonds. The van der Waals surface area contributed by atoms with Gasteiger partial charge in [0, 0.05) is 29.6 Å². The van der Waals surface area contributed by atoms with E-state index in [0.717, 1.165) is 68.2 Å². The number of aromatic nitrogens is 3. The molecule has 2 heterocycles. The molecule has 2 fully saturated rings. The van der Waals surface area contributed by atoms with Crippen LogP contribution in [0.3, 0.4) is 0 Å². The smallest absolute Gasteiger partial charge is 0.231 e. The minimum Gasteiger partial charge on any atom is -0.346 e. The fraction of sp³-hybridized carbons (Fsp3) is 0.636. The van der Waals surface area contributed by atoms with Gasteiger partial charge in [0.05, 0.1) is 17.7 Å². The molecule has 0 saturated heterocycles. The number of nitrogens with zero attached hydrogens (tertiary/aromatic N) is 4. The Bertz CT molecular complexity index is 865. The number of aliphatic imine (C=N–C) groups is 1. The molecular formula is C22H31N5O. The van der Waals surface area contributed by atoms with Crippen molar-refractivity contribution >= 4 is 23.7 Å². The van der Waals surface area contributed by atoms with E-state index in [-0.39, 0.29) is 16.9 Å². The van der Waals surface area contributed by atoms with Gasteiger partial charge in [-0.2, -0.15) is 0 Å². The standard InChI is InChI=1S/C22H31N5O/c1-4-5-12-27(20(28)21(7-8-21)14-23-3)22(9-10-22)13-16(2)18-17-6-11-24-19(17)26-15-25-18/h6,11,15-16H,3-5,7-10,12-14H2,1-2H3,(H,24,25,26). The minimum atomic E-state index is -0.267. The highest BCUT2D eigenvalue weighted by Gasteiger charge is 2.58. The van der Waals surface area contributed by atoms with Crippen molar-refractivity contribution in [2.24, 2.45) is 10.4 Å². The molecule has 6 nitrogen and oxygen atoms in total. The normalized spacial score (nSPS) is 19.9. The highest BCUT2D eigenvalue weighted by Crippen LogP contribution is 2.54. The molecule has 2 aromatic rings. The van der Waals surface area contributed by atoms with Gasteiger partial charge in [0.25, 0.3) is 0 Å². The first-order valence-corrected chi connectivity index (χ1v) is 10.6. The summed E-state index contributed by atoms with van der Waals surface area (Å²) in [5.41, 5.74) is 1.68. The van der Waals surface area contributed by atoms with Crippen molar-refractivity contribution in [3.05, 3.63) is 24.3 Å². The first kappa shape index (κ1) is 19.1. The van der Waals surface area contributed by atoms with Crippen LogP contribution in [0, 0.1) is 5.41 Å². The van der Waals surface area contributed by atoms with E-state index in [2.05, 4.69) is 51.5 Å².